The smallest absolute Gasteiger partial charge is 0.475 e. The zero-order valence-corrected chi connectivity index (χ0v) is 21.5. The molecule has 0 saturated carbocycles. The molecule has 3 heterocycles. The Morgan fingerprint density at radius 1 is 0.952 bits per heavy atom. The van der Waals surface area contributed by atoms with E-state index in [1.807, 2.05) is 0 Å². The van der Waals surface area contributed by atoms with Crippen molar-refractivity contribution < 1.29 is 54.2 Å². The Hall–Kier alpha value is -4.15. The van der Waals surface area contributed by atoms with Crippen LogP contribution in [-0.2, 0) is 41.3 Å². The standard InChI is InChI=1S/C23H21F6N5O.C2HF3O2/c1-35-13-19-32-18-9-12-34(21-17(23(27,28)29)3-2-10-30-21)11-8-16(18)20(33-19)31-15-6-4-14(5-7-15)22(24,25)26;3-2(4,5)1(6)7/h2-7,10H,8-9,11-13H2,1H3,(H,31,32,33);(H,6,7). The highest BCUT2D eigenvalue weighted by molar-refractivity contribution is 5.73. The number of alkyl halides is 9. The van der Waals surface area contributed by atoms with Crippen LogP contribution in [0.3, 0.4) is 0 Å². The van der Waals surface area contributed by atoms with Crippen molar-refractivity contribution in [1.29, 1.82) is 0 Å². The quantitative estimate of drug-likeness (QED) is 0.337. The van der Waals surface area contributed by atoms with Crippen molar-refractivity contribution in [3.8, 4) is 0 Å². The topological polar surface area (TPSA) is 100 Å². The number of halogens is 9. The maximum atomic E-state index is 13.5. The molecule has 0 saturated heterocycles. The fourth-order valence-electron chi connectivity index (χ4n) is 3.91. The molecule has 0 atom stereocenters. The number of benzene rings is 1. The van der Waals surface area contributed by atoms with Crippen molar-refractivity contribution in [2.24, 2.45) is 0 Å². The van der Waals surface area contributed by atoms with Crippen molar-refractivity contribution in [3.05, 3.63) is 70.8 Å². The van der Waals surface area contributed by atoms with Crippen LogP contribution >= 0.6 is 0 Å². The van der Waals surface area contributed by atoms with E-state index in [4.69, 9.17) is 14.6 Å². The van der Waals surface area contributed by atoms with Gasteiger partial charge in [0.1, 0.15) is 18.2 Å². The number of carbonyl (C=O) groups is 1. The molecule has 3 aromatic rings. The number of rotatable bonds is 5. The average Bonchev–Trinajstić information content (AvgIpc) is 3.11. The molecule has 228 valence electrons. The molecule has 42 heavy (non-hydrogen) atoms. The summed E-state index contributed by atoms with van der Waals surface area (Å²) in [6.07, 6.45) is -12.1. The number of nitrogens with zero attached hydrogens (tertiary/aromatic N) is 4. The van der Waals surface area contributed by atoms with Gasteiger partial charge in [0.05, 0.1) is 16.8 Å². The number of nitrogens with one attached hydrogen (secondary N) is 1. The molecule has 0 radical (unpaired) electrons. The fourth-order valence-corrected chi connectivity index (χ4v) is 3.91. The number of aliphatic carboxylic acids is 1. The van der Waals surface area contributed by atoms with E-state index >= 15 is 0 Å². The highest BCUT2D eigenvalue weighted by Gasteiger charge is 2.38. The number of hydrogen-bond donors (Lipinski definition) is 2. The zero-order chi connectivity index (χ0) is 31.3. The Morgan fingerprint density at radius 2 is 1.57 bits per heavy atom. The summed E-state index contributed by atoms with van der Waals surface area (Å²) in [5, 5.41) is 10.2. The number of anilines is 3. The molecule has 0 amide bonds. The van der Waals surface area contributed by atoms with Crippen LogP contribution in [-0.4, -0.2) is 52.4 Å². The number of methoxy groups -OCH3 is 1. The molecular formula is C25H22F9N5O3. The van der Waals surface area contributed by atoms with Crippen LogP contribution in [0.4, 0.5) is 56.8 Å². The molecule has 0 bridgehead atoms. The molecule has 0 fully saturated rings. The van der Waals surface area contributed by atoms with Gasteiger partial charge in [-0.1, -0.05) is 0 Å². The predicted octanol–water partition coefficient (Wildman–Crippen LogP) is 6.04. The number of ether oxygens (including phenoxy) is 1. The molecular weight excluding hydrogens is 589 g/mol. The lowest BCUT2D eigenvalue weighted by molar-refractivity contribution is -0.192. The lowest BCUT2D eigenvalue weighted by Crippen LogP contribution is -2.29. The van der Waals surface area contributed by atoms with Crippen LogP contribution in [0, 0.1) is 0 Å². The first kappa shape index (κ1) is 32.4. The van der Waals surface area contributed by atoms with Crippen LogP contribution in [0.15, 0.2) is 42.6 Å². The Labute approximate surface area is 232 Å². The maximum absolute atomic E-state index is 13.5. The Balaban J connectivity index is 0.000000616. The first-order chi connectivity index (χ1) is 19.5. The van der Waals surface area contributed by atoms with Gasteiger partial charge >= 0.3 is 24.5 Å². The molecule has 2 N–H and O–H groups in total. The van der Waals surface area contributed by atoms with E-state index in [1.54, 1.807) is 4.90 Å². The normalized spacial score (nSPS) is 13.9. The van der Waals surface area contributed by atoms with Crippen molar-refractivity contribution in [1.82, 2.24) is 15.0 Å². The van der Waals surface area contributed by atoms with Gasteiger partial charge in [-0.05, 0) is 42.8 Å². The zero-order valence-electron chi connectivity index (χ0n) is 21.5. The number of carboxylic acids is 1. The molecule has 1 aliphatic rings. The summed E-state index contributed by atoms with van der Waals surface area (Å²) in [5.74, 6) is -2.19. The van der Waals surface area contributed by atoms with E-state index in [0.717, 1.165) is 18.2 Å². The summed E-state index contributed by atoms with van der Waals surface area (Å²) in [4.78, 5) is 23.4. The number of fused-ring (bicyclic) bond motifs is 1. The second-order valence-corrected chi connectivity index (χ2v) is 8.71. The number of pyridine rings is 1. The lowest BCUT2D eigenvalue weighted by atomic mass is 10.1. The third-order valence-corrected chi connectivity index (χ3v) is 5.77. The van der Waals surface area contributed by atoms with Crippen molar-refractivity contribution >= 4 is 23.3 Å². The van der Waals surface area contributed by atoms with E-state index in [2.05, 4.69) is 20.3 Å². The molecule has 17 heteroatoms. The number of carboxylic acid groups (broad SMARTS) is 1. The van der Waals surface area contributed by atoms with Crippen LogP contribution < -0.4 is 10.2 Å². The summed E-state index contributed by atoms with van der Waals surface area (Å²) in [5.41, 5.74) is 0.0916. The Kier molecular flexibility index (Phi) is 9.86. The van der Waals surface area contributed by atoms with Crippen LogP contribution in [0.1, 0.15) is 28.2 Å². The number of hydrogen-bond acceptors (Lipinski definition) is 7. The second kappa shape index (κ2) is 12.8. The van der Waals surface area contributed by atoms with Crippen LogP contribution in [0.5, 0.6) is 0 Å². The van der Waals surface area contributed by atoms with Crippen molar-refractivity contribution in [2.75, 3.05) is 30.4 Å². The SMILES string of the molecule is COCc1nc2c(c(Nc3ccc(C(F)(F)F)cc3)n1)CCN(c1ncccc1C(F)(F)F)CC2.O=C(O)C(F)(F)F. The molecule has 4 rings (SSSR count). The van der Waals surface area contributed by atoms with Gasteiger partial charge in [0.15, 0.2) is 5.82 Å². The summed E-state index contributed by atoms with van der Waals surface area (Å²) in [7, 11) is 1.47. The monoisotopic (exact) mass is 611 g/mol. The summed E-state index contributed by atoms with van der Waals surface area (Å²) in [6.45, 7) is 0.565. The summed E-state index contributed by atoms with van der Waals surface area (Å²) in [6, 6.07) is 6.74. The van der Waals surface area contributed by atoms with Gasteiger partial charge in [-0.3, -0.25) is 0 Å². The maximum Gasteiger partial charge on any atom is 0.490 e. The van der Waals surface area contributed by atoms with E-state index in [1.165, 1.54) is 31.5 Å². The highest BCUT2D eigenvalue weighted by Crippen LogP contribution is 2.36. The summed E-state index contributed by atoms with van der Waals surface area (Å²) >= 11 is 0. The molecule has 0 spiro atoms. The van der Waals surface area contributed by atoms with Crippen molar-refractivity contribution in [3.63, 3.8) is 0 Å². The molecule has 2 aromatic heterocycles. The van der Waals surface area contributed by atoms with E-state index in [0.29, 0.717) is 41.4 Å². The first-order valence-corrected chi connectivity index (χ1v) is 11.9. The summed E-state index contributed by atoms with van der Waals surface area (Å²) < 4.78 is 116. The average molecular weight is 611 g/mol. The fraction of sp³-hybridized carbons (Fsp3) is 0.360. The van der Waals surface area contributed by atoms with Crippen LogP contribution in [0.25, 0.3) is 0 Å². The minimum Gasteiger partial charge on any atom is -0.475 e. The van der Waals surface area contributed by atoms with E-state index in [-0.39, 0.29) is 25.5 Å². The Morgan fingerprint density at radius 3 is 2.12 bits per heavy atom. The molecule has 1 aliphatic heterocycles. The van der Waals surface area contributed by atoms with Gasteiger partial charge in [0.2, 0.25) is 0 Å². The molecule has 8 nitrogen and oxygen atoms in total. The van der Waals surface area contributed by atoms with Gasteiger partial charge in [0, 0.05) is 44.1 Å². The van der Waals surface area contributed by atoms with E-state index < -0.39 is 35.6 Å². The molecule has 1 aromatic carbocycles. The van der Waals surface area contributed by atoms with Crippen LogP contribution in [0.2, 0.25) is 0 Å². The predicted molar refractivity (Wildman–Crippen MR) is 130 cm³/mol. The Bertz CT molecular complexity index is 1380. The van der Waals surface area contributed by atoms with Gasteiger partial charge in [-0.2, -0.15) is 39.5 Å². The van der Waals surface area contributed by atoms with Crippen molar-refractivity contribution in [2.45, 2.75) is 38.0 Å². The first-order valence-electron chi connectivity index (χ1n) is 11.9. The highest BCUT2D eigenvalue weighted by atomic mass is 19.4. The lowest BCUT2D eigenvalue weighted by Gasteiger charge is -2.24. The van der Waals surface area contributed by atoms with Gasteiger partial charge < -0.3 is 20.1 Å². The van der Waals surface area contributed by atoms with Gasteiger partial charge in [0.25, 0.3) is 0 Å². The van der Waals surface area contributed by atoms with E-state index in [9.17, 15) is 39.5 Å². The van der Waals surface area contributed by atoms with Gasteiger partial charge in [-0.25, -0.2) is 19.7 Å². The minimum absolute atomic E-state index is 0.0944. The minimum atomic E-state index is -5.08. The largest absolute Gasteiger partial charge is 0.490 e. The molecule has 0 unspecified atom stereocenters. The number of aromatic nitrogens is 3. The van der Waals surface area contributed by atoms with Gasteiger partial charge in [-0.15, -0.1) is 0 Å². The third-order valence-electron chi connectivity index (χ3n) is 5.77. The second-order valence-electron chi connectivity index (χ2n) is 8.71. The molecule has 0 aliphatic carbocycles. The third kappa shape index (κ3) is 8.43.